The molecule has 12 aromatic rings. The Morgan fingerprint density at radius 3 is 1.49 bits per heavy atom. The second kappa shape index (κ2) is 12.5. The molecule has 0 aliphatic heterocycles. The van der Waals surface area contributed by atoms with E-state index in [4.69, 9.17) is 31.8 Å². The minimum atomic E-state index is -1.15. The van der Waals surface area contributed by atoms with E-state index in [0.717, 1.165) is 4.57 Å². The maximum atomic E-state index is 10.1. The molecule has 0 atom stereocenters. The van der Waals surface area contributed by atoms with Gasteiger partial charge in [0.05, 0.1) is 80.0 Å². The number of rotatable bonds is 5. The molecule has 12 rings (SSSR count). The van der Waals surface area contributed by atoms with Crippen LogP contribution < -0.4 is 0 Å². The van der Waals surface area contributed by atoms with Gasteiger partial charge in [0.25, 0.3) is 0 Å². The molecule has 266 valence electrons. The molecule has 9 aromatic carbocycles. The summed E-state index contributed by atoms with van der Waals surface area (Å²) in [5, 5.41) is -3.94. The first-order valence-corrected chi connectivity index (χ1v) is 16.7. The van der Waals surface area contributed by atoms with Crippen LogP contribution >= 0.6 is 0 Å². The molecular weight excluding hydrogens is 693 g/mol. The van der Waals surface area contributed by atoms with E-state index in [9.17, 15) is 19.2 Å². The summed E-state index contributed by atoms with van der Waals surface area (Å²) >= 11 is 0. The van der Waals surface area contributed by atoms with Gasteiger partial charge in [0.15, 0.2) is 5.58 Å². The van der Waals surface area contributed by atoms with E-state index in [-0.39, 0.29) is 0 Å². The number of aromatic nitrogens is 2. The van der Waals surface area contributed by atoms with Crippen molar-refractivity contribution < 1.29 is 51.0 Å². The van der Waals surface area contributed by atoms with E-state index < -0.39 is 316 Å². The second-order valence-corrected chi connectivity index (χ2v) is 12.3. The van der Waals surface area contributed by atoms with E-state index in [1.807, 2.05) is 0 Å². The molecule has 3 heteroatoms. The maximum Gasteiger partial charge on any atom is 0.159 e. The number of fused-ring (bicyclic) bond motifs is 9. The highest BCUT2D eigenvalue weighted by atomic mass is 16.3. The van der Waals surface area contributed by atoms with Crippen LogP contribution in [0.3, 0.4) is 0 Å². The molecule has 0 spiro atoms. The molecule has 0 fully saturated rings. The van der Waals surface area contributed by atoms with Crippen molar-refractivity contribution in [2.45, 2.75) is 0 Å². The van der Waals surface area contributed by atoms with Gasteiger partial charge in [-0.2, -0.15) is 0 Å². The normalized spacial score (nSPS) is 20.2. The molecule has 0 N–H and O–H groups in total. The highest BCUT2D eigenvalue weighted by Crippen LogP contribution is 2.42. The Morgan fingerprint density at radius 2 is 0.807 bits per heavy atom. The van der Waals surface area contributed by atoms with Crippen molar-refractivity contribution in [1.82, 2.24) is 9.13 Å². The molecule has 0 radical (unpaired) electrons. The highest BCUT2D eigenvalue weighted by molar-refractivity contribution is 6.15. The minimum absolute atomic E-state index is 0.559. The molecule has 0 unspecified atom stereocenters. The quantitative estimate of drug-likeness (QED) is 0.171. The molecular formula is C54H34N2O. The average Bonchev–Trinajstić information content (AvgIpc) is 1.53. The smallest absolute Gasteiger partial charge is 0.159 e. The Kier molecular flexibility index (Phi) is 2.84. The Hall–Kier alpha value is -7.62. The summed E-state index contributed by atoms with van der Waals surface area (Å²) in [4.78, 5) is 0. The largest absolute Gasteiger partial charge is 0.454 e. The number of furan rings is 1. The van der Waals surface area contributed by atoms with Gasteiger partial charge < -0.3 is 13.6 Å². The van der Waals surface area contributed by atoms with Crippen LogP contribution in [0.4, 0.5) is 0 Å². The third-order valence-electron chi connectivity index (χ3n) is 9.22. The second-order valence-electron chi connectivity index (χ2n) is 12.3. The van der Waals surface area contributed by atoms with Crippen molar-refractivity contribution in [2.75, 3.05) is 0 Å². The van der Waals surface area contributed by atoms with Gasteiger partial charge in [0.1, 0.15) is 5.58 Å². The molecule has 57 heavy (non-hydrogen) atoms. The topological polar surface area (TPSA) is 23.0 Å². The SMILES string of the molecule is [2H]c1c([2H])c([2H])c(-c2c([2H])c([2H])c([2H])c([2H])c2-n2c3c([2H])c([2H])c([2H])c([2H])c3c3c([2H])c(-c4c([2H])c([2H])c5c(c4[2H])c4c([2H])c([2H])c([2H])c([2H])c4n5-c4c([2H])c([2H])c([2H])c5c4oc4c([2H])c(-c6c([2H])c([2H])c([2H])c([2H])c6[2H])c([2H])c([2H])c45)c([2H])c([2H])c32)c([2H])c1[2H]. The summed E-state index contributed by atoms with van der Waals surface area (Å²) in [6.45, 7) is 0. The Balaban J connectivity index is 1.26. The molecule has 0 aliphatic rings. The molecule has 0 saturated carbocycles. The monoisotopic (exact) mass is 760 g/mol. The fourth-order valence-corrected chi connectivity index (χ4v) is 6.82. The van der Waals surface area contributed by atoms with E-state index in [1.165, 1.54) is 0 Å². The van der Waals surface area contributed by atoms with Crippen molar-refractivity contribution in [3.63, 3.8) is 0 Å². The van der Waals surface area contributed by atoms with E-state index in [0.29, 0.717) is 4.57 Å². The highest BCUT2D eigenvalue weighted by Gasteiger charge is 2.20. The van der Waals surface area contributed by atoms with Crippen LogP contribution in [0, 0.1) is 0 Å². The molecule has 3 nitrogen and oxygen atoms in total. The average molecular weight is 761 g/mol. The number of para-hydroxylation sites is 4. The lowest BCUT2D eigenvalue weighted by Crippen LogP contribution is -1.97. The Labute approximate surface area is 376 Å². The zero-order chi connectivity index (χ0) is 67.0. The summed E-state index contributed by atoms with van der Waals surface area (Å²) in [6.07, 6.45) is 0. The summed E-state index contributed by atoms with van der Waals surface area (Å²) in [5.74, 6) is 0. The van der Waals surface area contributed by atoms with Crippen molar-refractivity contribution in [3.8, 4) is 44.8 Å². The van der Waals surface area contributed by atoms with E-state index >= 15 is 0 Å². The Morgan fingerprint density at radius 1 is 0.316 bits per heavy atom. The van der Waals surface area contributed by atoms with Crippen LogP contribution in [0.2, 0.25) is 0 Å². The maximum absolute atomic E-state index is 10.1. The van der Waals surface area contributed by atoms with Crippen LogP contribution in [0.15, 0.2) is 210 Å². The first kappa shape index (κ1) is 13.0. The predicted octanol–water partition coefficient (Wildman–Crippen LogP) is 14.8. The molecule has 0 amide bonds. The van der Waals surface area contributed by atoms with Crippen molar-refractivity contribution in [1.29, 1.82) is 0 Å². The zero-order valence-electron chi connectivity index (χ0n) is 62.3. The van der Waals surface area contributed by atoms with Crippen LogP contribution in [-0.2, 0) is 0 Å². The predicted molar refractivity (Wildman–Crippen MR) is 239 cm³/mol. The van der Waals surface area contributed by atoms with E-state index in [1.54, 1.807) is 0 Å². The zero-order valence-corrected chi connectivity index (χ0v) is 28.3. The van der Waals surface area contributed by atoms with Gasteiger partial charge in [0, 0.05) is 37.9 Å². The lowest BCUT2D eigenvalue weighted by atomic mass is 10.0. The number of benzene rings is 9. The number of nitrogens with zero attached hydrogens (tertiary/aromatic N) is 2. The van der Waals surface area contributed by atoms with Gasteiger partial charge in [-0.05, 0) is 88.2 Å². The van der Waals surface area contributed by atoms with Crippen LogP contribution in [0.5, 0.6) is 0 Å². The third-order valence-corrected chi connectivity index (χ3v) is 9.22. The van der Waals surface area contributed by atoms with Gasteiger partial charge in [-0.25, -0.2) is 0 Å². The first-order chi connectivity index (χ1) is 42.4. The van der Waals surface area contributed by atoms with Gasteiger partial charge in [0.2, 0.25) is 0 Å². The standard InChI is InChI=1S/C54H34N2O/c1-3-14-35(15-4-1)39-26-29-43-44-21-13-25-52(54(44)57-53(43)34-39)56-49-24-12-9-20-42(49)46-33-38(28-31-51(46)56)37-27-30-50-45(32-37)41-19-8-11-23-48(41)55(50)47-22-10-7-18-40(47)36-16-5-2-6-17-36/h1-34H/i1D,2D,3D,4D,5D,6D,7D,8D,9D,10D,11D,12D,13D,14D,15D,16D,17D,18D,19D,20D,21D,22D,23D,24D,25D,26D,27D,28D,29D,30D,31D,32D,33D,34D. The lowest BCUT2D eigenvalue weighted by molar-refractivity contribution is 0.666. The molecule has 0 bridgehead atoms. The third kappa shape index (κ3) is 4.86. The molecule has 3 heterocycles. The van der Waals surface area contributed by atoms with Crippen molar-refractivity contribution in [3.05, 3.63) is 205 Å². The van der Waals surface area contributed by atoms with Gasteiger partial charge in [-0.15, -0.1) is 0 Å². The summed E-state index contributed by atoms with van der Waals surface area (Å²) in [7, 11) is 0. The molecule has 0 aliphatic carbocycles. The summed E-state index contributed by atoms with van der Waals surface area (Å²) < 4.78 is 316. The molecule has 3 aromatic heterocycles. The number of hydrogen-bond donors (Lipinski definition) is 0. The lowest BCUT2D eigenvalue weighted by Gasteiger charge is -2.14. The van der Waals surface area contributed by atoms with Crippen molar-refractivity contribution in [2.24, 2.45) is 0 Å². The minimum Gasteiger partial charge on any atom is -0.454 e. The summed E-state index contributed by atoms with van der Waals surface area (Å²) in [5.41, 5.74) is -11.1. The van der Waals surface area contributed by atoms with E-state index in [2.05, 4.69) is 0 Å². The summed E-state index contributed by atoms with van der Waals surface area (Å²) in [6, 6.07) is -33.3. The van der Waals surface area contributed by atoms with Crippen LogP contribution in [0.25, 0.3) is 110 Å². The van der Waals surface area contributed by atoms with Crippen LogP contribution in [0.1, 0.15) is 46.6 Å². The fourth-order valence-electron chi connectivity index (χ4n) is 6.82. The van der Waals surface area contributed by atoms with Crippen molar-refractivity contribution >= 4 is 65.6 Å². The van der Waals surface area contributed by atoms with Gasteiger partial charge >= 0.3 is 0 Å². The fraction of sp³-hybridized carbons (Fsp3) is 0. The van der Waals surface area contributed by atoms with Gasteiger partial charge in [-0.1, -0.05) is 145 Å². The number of hydrogen-bond acceptors (Lipinski definition) is 1. The van der Waals surface area contributed by atoms with Gasteiger partial charge in [-0.3, -0.25) is 0 Å². The molecule has 0 saturated heterocycles. The first-order valence-electron chi connectivity index (χ1n) is 33.7. The Bertz CT molecular complexity index is 5470. The van der Waals surface area contributed by atoms with Crippen LogP contribution in [-0.4, -0.2) is 9.13 Å².